The first kappa shape index (κ1) is 15.6. The number of hydrogen-bond donors (Lipinski definition) is 1. The van der Waals surface area contributed by atoms with Crippen molar-refractivity contribution in [1.82, 2.24) is 15.3 Å². The van der Waals surface area contributed by atoms with Crippen LogP contribution in [0.4, 0.5) is 4.79 Å². The van der Waals surface area contributed by atoms with Crippen molar-refractivity contribution in [2.45, 2.75) is 56.3 Å². The number of fused-ring (bicyclic) bond motifs is 1. The fourth-order valence-corrected chi connectivity index (χ4v) is 3.72. The third-order valence-electron chi connectivity index (χ3n) is 4.34. The van der Waals surface area contributed by atoms with E-state index < -0.39 is 11.1 Å². The molecule has 1 N–H and O–H groups in total. The summed E-state index contributed by atoms with van der Waals surface area (Å²) in [5.41, 5.74) is 0.0107. The molecule has 2 unspecified atom stereocenters. The van der Waals surface area contributed by atoms with Gasteiger partial charge in [-0.25, -0.2) is 14.8 Å². The van der Waals surface area contributed by atoms with Crippen LogP contribution >= 0.6 is 11.8 Å². The fourth-order valence-electron chi connectivity index (χ4n) is 3.37. The Morgan fingerprint density at radius 3 is 2.68 bits per heavy atom. The van der Waals surface area contributed by atoms with E-state index in [0.717, 1.165) is 23.7 Å². The van der Waals surface area contributed by atoms with Crippen LogP contribution in [0.2, 0.25) is 0 Å². The van der Waals surface area contributed by atoms with Gasteiger partial charge in [0, 0.05) is 6.20 Å². The number of nitrogens with zero attached hydrogens (tertiary/aromatic N) is 2. The Morgan fingerprint density at radius 1 is 1.41 bits per heavy atom. The zero-order valence-electron chi connectivity index (χ0n) is 13.5. The maximum absolute atomic E-state index is 12.3. The largest absolute Gasteiger partial charge is 0.444 e. The quantitative estimate of drug-likeness (QED) is 0.683. The molecule has 1 amide bonds. The molecule has 2 aliphatic rings. The molecule has 1 heterocycles. The first-order valence-corrected chi connectivity index (χ1v) is 8.92. The minimum absolute atomic E-state index is 0.363. The first-order valence-electron chi connectivity index (χ1n) is 7.70. The Kier molecular flexibility index (Phi) is 3.83. The zero-order chi connectivity index (χ0) is 16.0. The maximum atomic E-state index is 12.3. The van der Waals surface area contributed by atoms with Crippen molar-refractivity contribution >= 4 is 17.9 Å². The van der Waals surface area contributed by atoms with Crippen LogP contribution in [-0.4, -0.2) is 27.9 Å². The lowest BCUT2D eigenvalue weighted by atomic mass is 9.89. The second kappa shape index (κ2) is 5.41. The Balaban J connectivity index is 1.84. The van der Waals surface area contributed by atoms with Crippen molar-refractivity contribution in [2.75, 3.05) is 6.26 Å². The molecule has 3 rings (SSSR count). The summed E-state index contributed by atoms with van der Waals surface area (Å²) in [7, 11) is 0. The molecule has 0 bridgehead atoms. The molecular weight excluding hydrogens is 298 g/mol. The van der Waals surface area contributed by atoms with Crippen LogP contribution in [0.3, 0.4) is 0 Å². The van der Waals surface area contributed by atoms with E-state index >= 15 is 0 Å². The minimum Gasteiger partial charge on any atom is -0.444 e. The van der Waals surface area contributed by atoms with Crippen LogP contribution in [0.1, 0.15) is 45.7 Å². The van der Waals surface area contributed by atoms with Crippen molar-refractivity contribution in [1.29, 1.82) is 0 Å². The Labute approximate surface area is 135 Å². The van der Waals surface area contributed by atoms with E-state index in [1.54, 1.807) is 6.20 Å². The predicted octanol–water partition coefficient (Wildman–Crippen LogP) is 3.35. The second-order valence-electron chi connectivity index (χ2n) is 7.30. The summed E-state index contributed by atoms with van der Waals surface area (Å²) >= 11 is 1.52. The van der Waals surface area contributed by atoms with Gasteiger partial charge in [0.25, 0.3) is 0 Å². The molecule has 2 fully saturated rings. The summed E-state index contributed by atoms with van der Waals surface area (Å²) in [6.45, 7) is 5.63. The van der Waals surface area contributed by atoms with Crippen molar-refractivity contribution in [2.24, 2.45) is 11.8 Å². The average molecular weight is 321 g/mol. The summed E-state index contributed by atoms with van der Waals surface area (Å²) < 4.78 is 5.45. The van der Waals surface area contributed by atoms with E-state index in [1.165, 1.54) is 18.2 Å². The molecule has 120 valence electrons. The van der Waals surface area contributed by atoms with Gasteiger partial charge in [0.15, 0.2) is 5.16 Å². The number of carbonyl (C=O) groups excluding carboxylic acids is 1. The van der Waals surface area contributed by atoms with Gasteiger partial charge in [0.05, 0.1) is 11.2 Å². The van der Waals surface area contributed by atoms with Crippen molar-refractivity contribution in [3.8, 4) is 0 Å². The number of rotatable bonds is 3. The van der Waals surface area contributed by atoms with Gasteiger partial charge in [-0.15, -0.1) is 0 Å². The number of nitrogens with one attached hydrogen (secondary N) is 1. The number of ether oxygens (including phenoxy) is 1. The number of aromatic nitrogens is 2. The Bertz CT molecular complexity index is 575. The van der Waals surface area contributed by atoms with Gasteiger partial charge in [-0.1, -0.05) is 11.8 Å². The van der Waals surface area contributed by atoms with E-state index in [2.05, 4.69) is 15.3 Å². The summed E-state index contributed by atoms with van der Waals surface area (Å²) in [5.74, 6) is 1.42. The summed E-state index contributed by atoms with van der Waals surface area (Å²) in [5, 5.41) is 3.86. The van der Waals surface area contributed by atoms with Crippen LogP contribution in [0.25, 0.3) is 0 Å². The SMILES string of the molecule is CSc1nccc(C2(NC(=O)OC(C)(C)C)CC3CC3C2)n1. The number of amides is 1. The molecule has 22 heavy (non-hydrogen) atoms. The molecule has 0 aliphatic heterocycles. The molecule has 6 heteroatoms. The standard InChI is InChI=1S/C16H23N3O2S/c1-15(2,3)21-14(20)19-16(8-10-7-11(10)9-16)12-5-6-17-13(18-12)22-4/h5-6,10-11H,7-9H2,1-4H3,(H,19,20). The fraction of sp³-hybridized carbons (Fsp3) is 0.688. The lowest BCUT2D eigenvalue weighted by molar-refractivity contribution is 0.0442. The Hall–Kier alpha value is -1.30. The molecular formula is C16H23N3O2S. The summed E-state index contributed by atoms with van der Waals surface area (Å²) in [4.78, 5) is 21.2. The van der Waals surface area contributed by atoms with E-state index in [-0.39, 0.29) is 6.09 Å². The van der Waals surface area contributed by atoms with Gasteiger partial charge >= 0.3 is 6.09 Å². The van der Waals surface area contributed by atoms with Crippen LogP contribution in [0.5, 0.6) is 0 Å². The van der Waals surface area contributed by atoms with Gasteiger partial charge < -0.3 is 10.1 Å². The smallest absolute Gasteiger partial charge is 0.408 e. The van der Waals surface area contributed by atoms with E-state index in [4.69, 9.17) is 4.74 Å². The summed E-state index contributed by atoms with van der Waals surface area (Å²) in [6.07, 6.45) is 6.54. The molecule has 1 aromatic rings. The first-order chi connectivity index (χ1) is 10.3. The third kappa shape index (κ3) is 3.21. The molecule has 1 aromatic heterocycles. The van der Waals surface area contributed by atoms with E-state index in [9.17, 15) is 4.79 Å². The highest BCUT2D eigenvalue weighted by atomic mass is 32.2. The molecule has 0 saturated heterocycles. The van der Waals surface area contributed by atoms with Gasteiger partial charge in [-0.2, -0.15) is 0 Å². The molecule has 2 aliphatic carbocycles. The summed E-state index contributed by atoms with van der Waals surface area (Å²) in [6, 6.07) is 1.92. The highest BCUT2D eigenvalue weighted by molar-refractivity contribution is 7.98. The van der Waals surface area contributed by atoms with Crippen molar-refractivity contribution < 1.29 is 9.53 Å². The molecule has 0 aromatic carbocycles. The topological polar surface area (TPSA) is 64.1 Å². The number of thioether (sulfide) groups is 1. The average Bonchev–Trinajstić information content (AvgIpc) is 3.04. The van der Waals surface area contributed by atoms with Gasteiger partial charge in [0.1, 0.15) is 5.60 Å². The van der Waals surface area contributed by atoms with Crippen molar-refractivity contribution in [3.63, 3.8) is 0 Å². The highest BCUT2D eigenvalue weighted by Crippen LogP contribution is 2.59. The van der Waals surface area contributed by atoms with E-state index in [1.807, 2.05) is 33.1 Å². The van der Waals surface area contributed by atoms with Gasteiger partial charge in [-0.3, -0.25) is 0 Å². The van der Waals surface area contributed by atoms with Gasteiger partial charge in [0.2, 0.25) is 0 Å². The number of alkyl carbamates (subject to hydrolysis) is 1. The molecule has 0 radical (unpaired) electrons. The van der Waals surface area contributed by atoms with Gasteiger partial charge in [-0.05, 0) is 64.2 Å². The minimum atomic E-state index is -0.497. The maximum Gasteiger partial charge on any atom is 0.408 e. The highest BCUT2D eigenvalue weighted by Gasteiger charge is 2.56. The third-order valence-corrected chi connectivity index (χ3v) is 4.90. The van der Waals surface area contributed by atoms with Crippen LogP contribution in [0, 0.1) is 11.8 Å². The lowest BCUT2D eigenvalue weighted by Gasteiger charge is -2.32. The van der Waals surface area contributed by atoms with E-state index in [0.29, 0.717) is 11.8 Å². The molecule has 5 nitrogen and oxygen atoms in total. The number of hydrogen-bond acceptors (Lipinski definition) is 5. The predicted molar refractivity (Wildman–Crippen MR) is 85.7 cm³/mol. The molecule has 0 spiro atoms. The molecule has 2 saturated carbocycles. The van der Waals surface area contributed by atoms with Crippen LogP contribution in [-0.2, 0) is 10.3 Å². The van der Waals surface area contributed by atoms with Crippen LogP contribution < -0.4 is 5.32 Å². The lowest BCUT2D eigenvalue weighted by Crippen LogP contribution is -2.47. The number of carbonyl (C=O) groups is 1. The Morgan fingerprint density at radius 2 is 2.09 bits per heavy atom. The van der Waals surface area contributed by atoms with Crippen molar-refractivity contribution in [3.05, 3.63) is 18.0 Å². The van der Waals surface area contributed by atoms with Crippen LogP contribution in [0.15, 0.2) is 17.4 Å². The normalized spacial score (nSPS) is 29.8. The monoisotopic (exact) mass is 321 g/mol. The zero-order valence-corrected chi connectivity index (χ0v) is 14.4. The second-order valence-corrected chi connectivity index (χ2v) is 8.08. The molecule has 2 atom stereocenters.